The molecule has 0 spiro atoms. The van der Waals surface area contributed by atoms with E-state index in [1.54, 1.807) is 25.4 Å². The van der Waals surface area contributed by atoms with Crippen LogP contribution in [0, 0.1) is 12.7 Å². The molecule has 2 aromatic rings. The van der Waals surface area contributed by atoms with Gasteiger partial charge in [0.1, 0.15) is 23.8 Å². The van der Waals surface area contributed by atoms with E-state index in [0.717, 1.165) is 24.7 Å². The molecule has 1 fully saturated rings. The van der Waals surface area contributed by atoms with Gasteiger partial charge in [0.05, 0.1) is 0 Å². The number of rotatable bonds is 6. The number of halogens is 1. The minimum Gasteiger partial charge on any atom is -0.368 e. The van der Waals surface area contributed by atoms with Crippen LogP contribution < -0.4 is 20.9 Å². The molecule has 0 aliphatic carbocycles. The van der Waals surface area contributed by atoms with Gasteiger partial charge in [0.2, 0.25) is 0 Å². The van der Waals surface area contributed by atoms with Crippen molar-refractivity contribution in [3.05, 3.63) is 42.0 Å². The van der Waals surface area contributed by atoms with Crippen LogP contribution in [0.3, 0.4) is 0 Å². The number of nitrogens with one attached hydrogen (secondary N) is 3. The van der Waals surface area contributed by atoms with Gasteiger partial charge in [-0.05, 0) is 31.9 Å². The van der Waals surface area contributed by atoms with Crippen LogP contribution in [-0.4, -0.2) is 42.2 Å². The average Bonchev–Trinajstić information content (AvgIpc) is 3.18. The van der Waals surface area contributed by atoms with Crippen molar-refractivity contribution in [2.75, 3.05) is 41.7 Å². The fourth-order valence-corrected chi connectivity index (χ4v) is 2.84. The summed E-state index contributed by atoms with van der Waals surface area (Å²) in [6.45, 7) is 4.60. The average molecular weight is 358 g/mol. The van der Waals surface area contributed by atoms with Gasteiger partial charge in [-0.15, -0.1) is 0 Å². The van der Waals surface area contributed by atoms with Crippen molar-refractivity contribution in [3.8, 4) is 0 Å². The molecule has 2 heterocycles. The summed E-state index contributed by atoms with van der Waals surface area (Å²) in [5.41, 5.74) is 0.873. The van der Waals surface area contributed by atoms with Crippen molar-refractivity contribution in [2.45, 2.75) is 19.8 Å². The second-order valence-corrected chi connectivity index (χ2v) is 6.18. The fourth-order valence-electron chi connectivity index (χ4n) is 2.84. The molecule has 8 heteroatoms. The van der Waals surface area contributed by atoms with E-state index in [-0.39, 0.29) is 11.8 Å². The Kier molecular flexibility index (Phi) is 5.83. The molecule has 1 aromatic carbocycles. The molecule has 3 N–H and O–H groups in total. The molecular weight excluding hydrogens is 335 g/mol. The molecular formula is C18H23FN6O. The van der Waals surface area contributed by atoms with Crippen molar-refractivity contribution < 1.29 is 9.18 Å². The van der Waals surface area contributed by atoms with Crippen molar-refractivity contribution in [1.29, 1.82) is 0 Å². The molecule has 1 aliphatic heterocycles. The van der Waals surface area contributed by atoms with Gasteiger partial charge in [0, 0.05) is 43.5 Å². The third kappa shape index (κ3) is 4.59. The van der Waals surface area contributed by atoms with E-state index in [9.17, 15) is 9.18 Å². The Morgan fingerprint density at radius 1 is 1.23 bits per heavy atom. The predicted octanol–water partition coefficient (Wildman–Crippen LogP) is 2.76. The lowest BCUT2D eigenvalue weighted by Crippen LogP contribution is -2.33. The number of aromatic nitrogens is 2. The molecule has 1 aromatic heterocycles. The van der Waals surface area contributed by atoms with Gasteiger partial charge in [-0.1, -0.05) is 6.07 Å². The van der Waals surface area contributed by atoms with Crippen LogP contribution in [-0.2, 0) is 0 Å². The minimum absolute atomic E-state index is 0.345. The van der Waals surface area contributed by atoms with E-state index in [1.165, 1.54) is 18.9 Å². The van der Waals surface area contributed by atoms with E-state index in [2.05, 4.69) is 30.8 Å². The molecule has 0 saturated carbocycles. The first-order chi connectivity index (χ1) is 12.6. The zero-order chi connectivity index (χ0) is 18.4. The van der Waals surface area contributed by atoms with E-state index in [4.69, 9.17) is 0 Å². The highest BCUT2D eigenvalue weighted by atomic mass is 19.1. The molecule has 0 radical (unpaired) electrons. The number of hydrogen-bond donors (Lipinski definition) is 3. The molecule has 2 amide bonds. The fraction of sp³-hybridized carbons (Fsp3) is 0.389. The van der Waals surface area contributed by atoms with Crippen LogP contribution in [0.1, 0.15) is 18.4 Å². The van der Waals surface area contributed by atoms with Gasteiger partial charge < -0.3 is 20.9 Å². The quantitative estimate of drug-likeness (QED) is 0.692. The third-order valence-corrected chi connectivity index (χ3v) is 4.32. The second-order valence-electron chi connectivity index (χ2n) is 6.18. The largest absolute Gasteiger partial charge is 0.368 e. The van der Waals surface area contributed by atoms with E-state index in [1.807, 2.05) is 6.07 Å². The highest BCUT2D eigenvalue weighted by Crippen LogP contribution is 2.19. The summed E-state index contributed by atoms with van der Waals surface area (Å²) >= 11 is 0. The maximum Gasteiger partial charge on any atom is 0.319 e. The van der Waals surface area contributed by atoms with Gasteiger partial charge in [0.15, 0.2) is 0 Å². The van der Waals surface area contributed by atoms with Gasteiger partial charge >= 0.3 is 6.03 Å². The summed E-state index contributed by atoms with van der Waals surface area (Å²) in [7, 11) is 0. The highest BCUT2D eigenvalue weighted by molar-refractivity contribution is 5.90. The molecule has 1 saturated heterocycles. The maximum atomic E-state index is 13.5. The molecule has 3 rings (SSSR count). The van der Waals surface area contributed by atoms with Gasteiger partial charge in [-0.2, -0.15) is 0 Å². The smallest absolute Gasteiger partial charge is 0.319 e. The summed E-state index contributed by atoms with van der Waals surface area (Å²) in [6, 6.07) is 6.13. The highest BCUT2D eigenvalue weighted by Gasteiger charge is 2.14. The third-order valence-electron chi connectivity index (χ3n) is 4.32. The summed E-state index contributed by atoms with van der Waals surface area (Å²) < 4.78 is 13.5. The maximum absolute atomic E-state index is 13.5. The first-order valence-electron chi connectivity index (χ1n) is 8.74. The monoisotopic (exact) mass is 358 g/mol. The topological polar surface area (TPSA) is 82.2 Å². The summed E-state index contributed by atoms with van der Waals surface area (Å²) in [5.74, 6) is 1.30. The minimum atomic E-state index is -0.374. The molecule has 0 bridgehead atoms. The number of carbonyl (C=O) groups excluding carboxylic acids is 1. The number of amides is 2. The molecule has 0 atom stereocenters. The Bertz CT molecular complexity index is 763. The second kappa shape index (κ2) is 8.46. The van der Waals surface area contributed by atoms with Crippen LogP contribution in [0.4, 0.5) is 26.5 Å². The summed E-state index contributed by atoms with van der Waals surface area (Å²) in [5, 5.41) is 8.54. The SMILES string of the molecule is Cc1c(F)cccc1NC(=O)NCCNc1cc(N2CCCC2)ncn1. The van der Waals surface area contributed by atoms with Gasteiger partial charge in [0.25, 0.3) is 0 Å². The lowest BCUT2D eigenvalue weighted by Gasteiger charge is -2.16. The number of nitrogens with zero attached hydrogens (tertiary/aromatic N) is 3. The molecule has 26 heavy (non-hydrogen) atoms. The summed E-state index contributed by atoms with van der Waals surface area (Å²) in [4.78, 5) is 22.6. The van der Waals surface area contributed by atoms with E-state index < -0.39 is 0 Å². The predicted molar refractivity (Wildman–Crippen MR) is 100 cm³/mol. The molecule has 138 valence electrons. The van der Waals surface area contributed by atoms with Crippen LogP contribution >= 0.6 is 0 Å². The van der Waals surface area contributed by atoms with Gasteiger partial charge in [-0.3, -0.25) is 0 Å². The van der Waals surface area contributed by atoms with Crippen LogP contribution in [0.15, 0.2) is 30.6 Å². The van der Waals surface area contributed by atoms with Crippen molar-refractivity contribution >= 4 is 23.4 Å². The standard InChI is InChI=1S/C18H23FN6O/c1-13-14(19)5-4-6-15(13)24-18(26)21-8-7-20-16-11-17(23-12-22-16)25-9-2-3-10-25/h4-6,11-12H,2-3,7-10H2,1H3,(H,20,22,23)(H2,21,24,26). The molecule has 1 aliphatic rings. The Labute approximate surface area is 152 Å². The van der Waals surface area contributed by atoms with Crippen LogP contribution in [0.2, 0.25) is 0 Å². The zero-order valence-electron chi connectivity index (χ0n) is 14.8. The Balaban J connectivity index is 1.43. The van der Waals surface area contributed by atoms with Crippen molar-refractivity contribution in [3.63, 3.8) is 0 Å². The Morgan fingerprint density at radius 3 is 2.85 bits per heavy atom. The number of urea groups is 1. The number of benzene rings is 1. The molecule has 0 unspecified atom stereocenters. The molecule has 7 nitrogen and oxygen atoms in total. The summed E-state index contributed by atoms with van der Waals surface area (Å²) in [6.07, 6.45) is 3.93. The number of anilines is 3. The first kappa shape index (κ1) is 17.9. The van der Waals surface area contributed by atoms with Crippen molar-refractivity contribution in [1.82, 2.24) is 15.3 Å². The number of carbonyl (C=O) groups is 1. The normalized spacial score (nSPS) is 13.5. The Morgan fingerprint density at radius 2 is 2.04 bits per heavy atom. The van der Waals surface area contributed by atoms with E-state index >= 15 is 0 Å². The lowest BCUT2D eigenvalue weighted by molar-refractivity contribution is 0.252. The zero-order valence-corrected chi connectivity index (χ0v) is 14.8. The van der Waals surface area contributed by atoms with E-state index in [0.29, 0.717) is 24.3 Å². The van der Waals surface area contributed by atoms with Crippen LogP contribution in [0.25, 0.3) is 0 Å². The lowest BCUT2D eigenvalue weighted by atomic mass is 10.2. The van der Waals surface area contributed by atoms with Crippen LogP contribution in [0.5, 0.6) is 0 Å². The first-order valence-corrected chi connectivity index (χ1v) is 8.74. The Hall–Kier alpha value is -2.90. The van der Waals surface area contributed by atoms with Gasteiger partial charge in [-0.25, -0.2) is 19.2 Å². The van der Waals surface area contributed by atoms with Crippen molar-refractivity contribution in [2.24, 2.45) is 0 Å². The number of hydrogen-bond acceptors (Lipinski definition) is 5.